The number of hydrogen-bond donors (Lipinski definition) is 2. The fourth-order valence-corrected chi connectivity index (χ4v) is 3.10. The van der Waals surface area contributed by atoms with E-state index < -0.39 is 12.0 Å². The fourth-order valence-electron chi connectivity index (χ4n) is 2.06. The van der Waals surface area contributed by atoms with E-state index >= 15 is 0 Å². The van der Waals surface area contributed by atoms with Crippen molar-refractivity contribution in [1.29, 1.82) is 0 Å². The lowest BCUT2D eigenvalue weighted by atomic mass is 10.1. The first-order valence-electron chi connectivity index (χ1n) is 5.65. The van der Waals surface area contributed by atoms with Crippen LogP contribution in [0.25, 0.3) is 0 Å². The van der Waals surface area contributed by atoms with Crippen LogP contribution in [0.1, 0.15) is 21.7 Å². The fraction of sp³-hybridized carbons (Fsp3) is 0.545. The summed E-state index contributed by atoms with van der Waals surface area (Å²) in [6.45, 7) is 3.97. The number of hydrogen-bond acceptors (Lipinski definition) is 4. The van der Waals surface area contributed by atoms with Crippen molar-refractivity contribution in [3.05, 3.63) is 17.0 Å². The quantitative estimate of drug-likeness (QED) is 0.824. The third kappa shape index (κ3) is 2.22. The number of thioether (sulfide) groups is 1. The molecule has 1 aliphatic heterocycles. The highest BCUT2D eigenvalue weighted by atomic mass is 32.2. The van der Waals surface area contributed by atoms with Crippen LogP contribution in [-0.2, 0) is 4.79 Å². The highest BCUT2D eigenvalue weighted by Gasteiger charge is 2.34. The minimum Gasteiger partial charge on any atom is -0.480 e. The van der Waals surface area contributed by atoms with Crippen LogP contribution in [0.15, 0.2) is 0 Å². The molecule has 0 bridgehead atoms. The molecule has 0 aromatic carbocycles. The predicted octanol–water partition coefficient (Wildman–Crippen LogP) is 0.669. The summed E-state index contributed by atoms with van der Waals surface area (Å²) in [7, 11) is 0. The summed E-state index contributed by atoms with van der Waals surface area (Å²) in [5, 5.41) is 15.9. The van der Waals surface area contributed by atoms with Crippen molar-refractivity contribution < 1.29 is 14.7 Å². The van der Waals surface area contributed by atoms with E-state index in [1.807, 2.05) is 0 Å². The minimum atomic E-state index is -0.950. The summed E-state index contributed by atoms with van der Waals surface area (Å²) in [4.78, 5) is 25.0. The summed E-state index contributed by atoms with van der Waals surface area (Å²) in [6, 6.07) is -0.745. The molecule has 0 radical (unpaired) electrons. The zero-order valence-corrected chi connectivity index (χ0v) is 11.1. The van der Waals surface area contributed by atoms with Gasteiger partial charge in [0, 0.05) is 23.7 Å². The number of carboxylic acids is 1. The van der Waals surface area contributed by atoms with Crippen LogP contribution in [0, 0.1) is 13.8 Å². The second-order valence-electron chi connectivity index (χ2n) is 4.24. The minimum absolute atomic E-state index is 0.244. The Morgan fingerprint density at radius 2 is 2.22 bits per heavy atom. The van der Waals surface area contributed by atoms with Crippen LogP contribution < -0.4 is 0 Å². The molecule has 2 rings (SSSR count). The Balaban J connectivity index is 2.29. The molecule has 7 heteroatoms. The van der Waals surface area contributed by atoms with Crippen LogP contribution in [0.3, 0.4) is 0 Å². The summed E-state index contributed by atoms with van der Waals surface area (Å²) in [6.07, 6.45) is 0. The van der Waals surface area contributed by atoms with Gasteiger partial charge in [-0.05, 0) is 13.8 Å². The van der Waals surface area contributed by atoms with Gasteiger partial charge in [-0.15, -0.1) is 0 Å². The van der Waals surface area contributed by atoms with Crippen molar-refractivity contribution in [2.24, 2.45) is 0 Å². The van der Waals surface area contributed by atoms with Crippen LogP contribution in [-0.4, -0.2) is 56.2 Å². The van der Waals surface area contributed by atoms with Gasteiger partial charge in [0.15, 0.2) is 0 Å². The molecule has 18 heavy (non-hydrogen) atoms. The average Bonchev–Trinajstić information content (AvgIpc) is 2.68. The number of amides is 1. The van der Waals surface area contributed by atoms with Gasteiger partial charge in [-0.2, -0.15) is 16.9 Å². The van der Waals surface area contributed by atoms with E-state index in [9.17, 15) is 9.59 Å². The van der Waals surface area contributed by atoms with E-state index in [2.05, 4.69) is 10.2 Å². The van der Waals surface area contributed by atoms with Crippen molar-refractivity contribution in [1.82, 2.24) is 15.1 Å². The molecule has 1 aromatic rings. The standard InChI is InChI=1S/C11H15N3O3S/c1-6-9(7(2)13-12-6)10(15)14-3-4-18-5-8(14)11(16)17/h8H,3-5H2,1-2H3,(H,12,13)(H,16,17). The van der Waals surface area contributed by atoms with E-state index in [1.165, 1.54) is 4.90 Å². The van der Waals surface area contributed by atoms with Gasteiger partial charge < -0.3 is 10.0 Å². The van der Waals surface area contributed by atoms with Crippen molar-refractivity contribution in [3.8, 4) is 0 Å². The topological polar surface area (TPSA) is 86.3 Å². The molecule has 0 saturated carbocycles. The molecule has 6 nitrogen and oxygen atoms in total. The lowest BCUT2D eigenvalue weighted by Gasteiger charge is -2.32. The van der Waals surface area contributed by atoms with Gasteiger partial charge in [0.1, 0.15) is 6.04 Å². The number of carbonyl (C=O) groups is 2. The van der Waals surface area contributed by atoms with E-state index in [1.54, 1.807) is 25.6 Å². The molecule has 1 aliphatic rings. The monoisotopic (exact) mass is 269 g/mol. The molecule has 1 fully saturated rings. The van der Waals surface area contributed by atoms with Crippen molar-refractivity contribution in [2.75, 3.05) is 18.1 Å². The summed E-state index contributed by atoms with van der Waals surface area (Å²) in [5.74, 6) is 0.0171. The largest absolute Gasteiger partial charge is 0.480 e. The van der Waals surface area contributed by atoms with Gasteiger partial charge >= 0.3 is 5.97 Å². The lowest BCUT2D eigenvalue weighted by Crippen LogP contribution is -2.50. The maximum Gasteiger partial charge on any atom is 0.327 e. The molecule has 1 saturated heterocycles. The van der Waals surface area contributed by atoms with Crippen LogP contribution in [0.2, 0.25) is 0 Å². The zero-order chi connectivity index (χ0) is 13.3. The number of aryl methyl sites for hydroxylation is 2. The number of nitrogens with one attached hydrogen (secondary N) is 1. The number of aliphatic carboxylic acids is 1. The van der Waals surface area contributed by atoms with E-state index in [4.69, 9.17) is 5.11 Å². The molecule has 1 unspecified atom stereocenters. The van der Waals surface area contributed by atoms with Crippen LogP contribution in [0.4, 0.5) is 0 Å². The number of rotatable bonds is 2. The number of aromatic nitrogens is 2. The molecule has 98 valence electrons. The van der Waals surface area contributed by atoms with Gasteiger partial charge in [-0.25, -0.2) is 4.79 Å². The van der Waals surface area contributed by atoms with Crippen LogP contribution >= 0.6 is 11.8 Å². The third-order valence-corrected chi connectivity index (χ3v) is 4.04. The Labute approximate surface area is 109 Å². The van der Waals surface area contributed by atoms with E-state index in [0.29, 0.717) is 29.2 Å². The smallest absolute Gasteiger partial charge is 0.327 e. The molecule has 2 N–H and O–H groups in total. The first kappa shape index (κ1) is 12.9. The first-order valence-corrected chi connectivity index (χ1v) is 6.81. The third-order valence-electron chi connectivity index (χ3n) is 3.02. The summed E-state index contributed by atoms with van der Waals surface area (Å²) < 4.78 is 0. The Morgan fingerprint density at radius 1 is 1.50 bits per heavy atom. The van der Waals surface area contributed by atoms with Gasteiger partial charge in [0.2, 0.25) is 0 Å². The molecule has 1 aromatic heterocycles. The summed E-state index contributed by atoms with van der Waals surface area (Å²) >= 11 is 1.56. The average molecular weight is 269 g/mol. The maximum absolute atomic E-state index is 12.4. The van der Waals surface area contributed by atoms with Crippen molar-refractivity contribution >= 4 is 23.6 Å². The second-order valence-corrected chi connectivity index (χ2v) is 5.39. The van der Waals surface area contributed by atoms with Gasteiger partial charge in [-0.3, -0.25) is 9.89 Å². The van der Waals surface area contributed by atoms with E-state index in [-0.39, 0.29) is 5.91 Å². The number of nitrogens with zero attached hydrogens (tertiary/aromatic N) is 2. The Bertz CT molecular complexity index is 466. The van der Waals surface area contributed by atoms with Gasteiger partial charge in [0.05, 0.1) is 11.3 Å². The Morgan fingerprint density at radius 3 is 2.78 bits per heavy atom. The number of H-pyrrole nitrogens is 1. The zero-order valence-electron chi connectivity index (χ0n) is 10.3. The van der Waals surface area contributed by atoms with Gasteiger partial charge in [0.25, 0.3) is 5.91 Å². The Hall–Kier alpha value is -1.50. The van der Waals surface area contributed by atoms with E-state index in [0.717, 1.165) is 5.75 Å². The predicted molar refractivity (Wildman–Crippen MR) is 67.8 cm³/mol. The first-order chi connectivity index (χ1) is 8.52. The lowest BCUT2D eigenvalue weighted by molar-refractivity contribution is -0.141. The normalized spacial score (nSPS) is 19.9. The van der Waals surface area contributed by atoms with Gasteiger partial charge in [-0.1, -0.05) is 0 Å². The Kier molecular flexibility index (Phi) is 3.60. The highest BCUT2D eigenvalue weighted by molar-refractivity contribution is 7.99. The van der Waals surface area contributed by atoms with Crippen molar-refractivity contribution in [2.45, 2.75) is 19.9 Å². The number of carbonyl (C=O) groups excluding carboxylic acids is 1. The molecule has 0 spiro atoms. The molecular weight excluding hydrogens is 254 g/mol. The molecule has 0 aliphatic carbocycles. The van der Waals surface area contributed by atoms with Crippen LogP contribution in [0.5, 0.6) is 0 Å². The number of aromatic amines is 1. The van der Waals surface area contributed by atoms with Crippen molar-refractivity contribution in [3.63, 3.8) is 0 Å². The number of carboxylic acid groups (broad SMARTS) is 1. The molecule has 2 heterocycles. The summed E-state index contributed by atoms with van der Waals surface area (Å²) in [5.41, 5.74) is 1.79. The maximum atomic E-state index is 12.4. The second kappa shape index (κ2) is 5.01. The SMILES string of the molecule is Cc1n[nH]c(C)c1C(=O)N1CCSCC1C(=O)O. The molecule has 1 amide bonds. The highest BCUT2D eigenvalue weighted by Crippen LogP contribution is 2.21. The molecule has 1 atom stereocenters. The molecular formula is C11H15N3O3S.